The minimum Gasteiger partial charge on any atom is -0.477 e. The number of nitrogens with two attached hydrogens (primary N) is 1. The maximum atomic E-state index is 10.8. The summed E-state index contributed by atoms with van der Waals surface area (Å²) in [4.78, 5) is 12.9. The van der Waals surface area contributed by atoms with Crippen LogP contribution in [-0.4, -0.2) is 11.1 Å². The van der Waals surface area contributed by atoms with Gasteiger partial charge in [-0.2, -0.15) is 0 Å². The van der Waals surface area contributed by atoms with Crippen molar-refractivity contribution in [3.05, 3.63) is 26.9 Å². The van der Waals surface area contributed by atoms with Crippen molar-refractivity contribution in [2.24, 2.45) is 0 Å². The number of carbonyl (C=O) groups is 1. The van der Waals surface area contributed by atoms with Gasteiger partial charge >= 0.3 is 5.97 Å². The highest BCUT2D eigenvalue weighted by molar-refractivity contribution is 9.10. The Hall–Kier alpha value is -0.850. The Bertz CT molecular complexity index is 518. The second kappa shape index (κ2) is 3.96. The molecule has 0 bridgehead atoms. The number of halogens is 1. The van der Waals surface area contributed by atoms with E-state index in [1.165, 1.54) is 11.3 Å². The zero-order valence-corrected chi connectivity index (χ0v) is 10.6. The molecule has 0 aliphatic rings. The third kappa shape index (κ3) is 1.92. The minimum absolute atomic E-state index is 0.199. The van der Waals surface area contributed by atoms with E-state index in [1.807, 2.05) is 11.4 Å². The average Bonchev–Trinajstić information content (AvgIpc) is 2.71. The van der Waals surface area contributed by atoms with Crippen molar-refractivity contribution in [1.29, 1.82) is 0 Å². The van der Waals surface area contributed by atoms with Crippen LogP contribution in [0.2, 0.25) is 0 Å². The maximum Gasteiger partial charge on any atom is 0.348 e. The van der Waals surface area contributed by atoms with Crippen LogP contribution in [-0.2, 0) is 0 Å². The largest absolute Gasteiger partial charge is 0.477 e. The summed E-state index contributed by atoms with van der Waals surface area (Å²) in [7, 11) is 0. The van der Waals surface area contributed by atoms with Gasteiger partial charge in [0.25, 0.3) is 0 Å². The molecule has 15 heavy (non-hydrogen) atoms. The first-order chi connectivity index (χ1) is 7.09. The van der Waals surface area contributed by atoms with Crippen molar-refractivity contribution >= 4 is 50.3 Å². The van der Waals surface area contributed by atoms with Gasteiger partial charge in [0.2, 0.25) is 0 Å². The molecule has 0 aliphatic heterocycles. The van der Waals surface area contributed by atoms with Gasteiger partial charge < -0.3 is 10.8 Å². The van der Waals surface area contributed by atoms with Crippen LogP contribution in [0.1, 0.15) is 9.67 Å². The summed E-state index contributed by atoms with van der Waals surface area (Å²) in [5.74, 6) is -0.976. The zero-order valence-electron chi connectivity index (χ0n) is 7.36. The van der Waals surface area contributed by atoms with Crippen LogP contribution in [0.5, 0.6) is 0 Å². The summed E-state index contributed by atoms with van der Waals surface area (Å²) in [6.45, 7) is 0. The number of hydrogen-bond donors (Lipinski definition) is 2. The van der Waals surface area contributed by atoms with E-state index in [2.05, 4.69) is 15.9 Å². The Balaban J connectivity index is 2.52. The number of thiophene rings is 2. The Morgan fingerprint density at radius 1 is 1.53 bits per heavy atom. The molecule has 0 saturated heterocycles. The summed E-state index contributed by atoms with van der Waals surface area (Å²) in [6.07, 6.45) is 0. The van der Waals surface area contributed by atoms with E-state index in [0.29, 0.717) is 5.69 Å². The Kier molecular flexibility index (Phi) is 2.81. The standard InChI is InChI=1S/C9H6BrNO2S2/c10-4-1-2-14-7(4)6-3-5(11)8(15-6)9(12)13/h1-3H,11H2,(H,12,13). The van der Waals surface area contributed by atoms with E-state index in [4.69, 9.17) is 10.8 Å². The molecule has 0 saturated carbocycles. The molecule has 0 aromatic carbocycles. The number of hydrogen-bond acceptors (Lipinski definition) is 4. The predicted octanol–water partition coefficient (Wildman–Crippen LogP) is 3.52. The second-order valence-electron chi connectivity index (χ2n) is 2.80. The molecule has 0 aliphatic carbocycles. The lowest BCUT2D eigenvalue weighted by Gasteiger charge is -1.90. The predicted molar refractivity (Wildman–Crippen MR) is 66.7 cm³/mol. The summed E-state index contributed by atoms with van der Waals surface area (Å²) < 4.78 is 0.964. The smallest absolute Gasteiger partial charge is 0.348 e. The normalized spacial score (nSPS) is 10.5. The van der Waals surface area contributed by atoms with E-state index < -0.39 is 5.97 Å². The van der Waals surface area contributed by atoms with Gasteiger partial charge in [0.1, 0.15) is 4.88 Å². The zero-order chi connectivity index (χ0) is 11.0. The SMILES string of the molecule is Nc1cc(-c2sccc2Br)sc1C(=O)O. The molecule has 78 valence electrons. The van der Waals surface area contributed by atoms with Crippen molar-refractivity contribution < 1.29 is 9.90 Å². The number of nitrogen functional groups attached to an aromatic ring is 1. The van der Waals surface area contributed by atoms with Crippen molar-refractivity contribution in [3.63, 3.8) is 0 Å². The summed E-state index contributed by atoms with van der Waals surface area (Å²) >= 11 is 6.15. The first-order valence-electron chi connectivity index (χ1n) is 3.95. The van der Waals surface area contributed by atoms with Crippen LogP contribution in [0.15, 0.2) is 22.0 Å². The Morgan fingerprint density at radius 3 is 2.73 bits per heavy atom. The summed E-state index contributed by atoms with van der Waals surface area (Å²) in [6, 6.07) is 3.63. The Morgan fingerprint density at radius 2 is 2.27 bits per heavy atom. The van der Waals surface area contributed by atoms with E-state index in [-0.39, 0.29) is 4.88 Å². The summed E-state index contributed by atoms with van der Waals surface area (Å²) in [5.41, 5.74) is 5.94. The molecular formula is C9H6BrNO2S2. The maximum absolute atomic E-state index is 10.8. The van der Waals surface area contributed by atoms with Gasteiger partial charge in [0.05, 0.1) is 10.6 Å². The molecule has 0 fully saturated rings. The lowest BCUT2D eigenvalue weighted by molar-refractivity contribution is 0.0703. The molecular weight excluding hydrogens is 298 g/mol. The third-order valence-corrected chi connectivity index (χ3v) is 4.95. The fourth-order valence-corrected chi connectivity index (χ4v) is 3.92. The number of rotatable bonds is 2. The van der Waals surface area contributed by atoms with Crippen molar-refractivity contribution in [2.45, 2.75) is 0 Å². The quantitative estimate of drug-likeness (QED) is 0.892. The monoisotopic (exact) mass is 303 g/mol. The number of aromatic carboxylic acids is 1. The van der Waals surface area contributed by atoms with Crippen molar-refractivity contribution in [2.75, 3.05) is 5.73 Å². The van der Waals surface area contributed by atoms with Crippen LogP contribution in [0.3, 0.4) is 0 Å². The molecule has 0 amide bonds. The van der Waals surface area contributed by atoms with Crippen LogP contribution in [0.4, 0.5) is 5.69 Å². The van der Waals surface area contributed by atoms with E-state index in [0.717, 1.165) is 14.2 Å². The molecule has 2 aromatic rings. The molecule has 0 spiro atoms. The highest BCUT2D eigenvalue weighted by Gasteiger charge is 2.15. The number of carboxylic acid groups (broad SMARTS) is 1. The number of carboxylic acids is 1. The van der Waals surface area contributed by atoms with E-state index >= 15 is 0 Å². The van der Waals surface area contributed by atoms with Gasteiger partial charge in [-0.1, -0.05) is 0 Å². The molecule has 2 aromatic heterocycles. The molecule has 2 rings (SSSR count). The molecule has 6 heteroatoms. The van der Waals surface area contributed by atoms with Gasteiger partial charge in [-0.05, 0) is 33.4 Å². The topological polar surface area (TPSA) is 63.3 Å². The van der Waals surface area contributed by atoms with Crippen molar-refractivity contribution in [1.82, 2.24) is 0 Å². The highest BCUT2D eigenvalue weighted by Crippen LogP contribution is 2.40. The van der Waals surface area contributed by atoms with Crippen LogP contribution < -0.4 is 5.73 Å². The molecule has 0 radical (unpaired) electrons. The van der Waals surface area contributed by atoms with Gasteiger partial charge in [0.15, 0.2) is 0 Å². The van der Waals surface area contributed by atoms with Crippen molar-refractivity contribution in [3.8, 4) is 9.75 Å². The van der Waals surface area contributed by atoms with E-state index in [1.54, 1.807) is 17.4 Å². The average molecular weight is 304 g/mol. The van der Waals surface area contributed by atoms with E-state index in [9.17, 15) is 4.79 Å². The molecule has 3 N–H and O–H groups in total. The van der Waals surface area contributed by atoms with Crippen LogP contribution in [0.25, 0.3) is 9.75 Å². The molecule has 2 heterocycles. The van der Waals surface area contributed by atoms with Gasteiger partial charge in [-0.15, -0.1) is 22.7 Å². The van der Waals surface area contributed by atoms with Crippen LogP contribution in [0, 0.1) is 0 Å². The molecule has 0 unspecified atom stereocenters. The van der Waals surface area contributed by atoms with Gasteiger partial charge in [0, 0.05) is 9.35 Å². The third-order valence-electron chi connectivity index (χ3n) is 1.80. The lowest BCUT2D eigenvalue weighted by atomic mass is 10.3. The lowest BCUT2D eigenvalue weighted by Crippen LogP contribution is -1.96. The fraction of sp³-hybridized carbons (Fsp3) is 0. The Labute approximate surface area is 102 Å². The van der Waals surface area contributed by atoms with Gasteiger partial charge in [-0.25, -0.2) is 4.79 Å². The highest BCUT2D eigenvalue weighted by atomic mass is 79.9. The molecule has 0 atom stereocenters. The fourth-order valence-electron chi connectivity index (χ4n) is 1.15. The van der Waals surface area contributed by atoms with Crippen LogP contribution >= 0.6 is 38.6 Å². The second-order valence-corrected chi connectivity index (χ2v) is 5.62. The summed E-state index contributed by atoms with van der Waals surface area (Å²) in [5, 5.41) is 10.8. The van der Waals surface area contributed by atoms with Gasteiger partial charge in [-0.3, -0.25) is 0 Å². The number of anilines is 1. The minimum atomic E-state index is -0.976. The molecule has 3 nitrogen and oxygen atoms in total. The first-order valence-corrected chi connectivity index (χ1v) is 6.44. The first kappa shape index (κ1) is 10.7.